The number of amides is 3. The zero-order valence-electron chi connectivity index (χ0n) is 21.3. The van der Waals surface area contributed by atoms with Gasteiger partial charge in [0, 0.05) is 21.5 Å². The van der Waals surface area contributed by atoms with Crippen molar-refractivity contribution in [3.05, 3.63) is 110 Å². The monoisotopic (exact) mass is 629 g/mol. The molecule has 1 saturated heterocycles. The molecule has 0 saturated carbocycles. The Morgan fingerprint density at radius 1 is 0.929 bits per heavy atom. The van der Waals surface area contributed by atoms with Crippen molar-refractivity contribution in [2.24, 2.45) is 5.92 Å². The van der Waals surface area contributed by atoms with Crippen molar-refractivity contribution in [2.75, 3.05) is 10.2 Å². The van der Waals surface area contributed by atoms with Crippen LogP contribution < -0.4 is 15.1 Å². The minimum atomic E-state index is -4.59. The molecule has 42 heavy (non-hydrogen) atoms. The molecule has 1 aromatic heterocycles. The summed E-state index contributed by atoms with van der Waals surface area (Å²) in [5, 5.41) is 2.37. The molecular formula is C29H19ClF3N3O4S2. The number of nitrogens with one attached hydrogen (secondary N) is 1. The number of halogens is 4. The molecule has 3 heterocycles. The zero-order chi connectivity index (χ0) is 29.8. The number of para-hydroxylation sites is 1. The van der Waals surface area contributed by atoms with Gasteiger partial charge in [-0.15, -0.1) is 0 Å². The summed E-state index contributed by atoms with van der Waals surface area (Å²) in [4.78, 5) is 54.9. The van der Waals surface area contributed by atoms with Crippen LogP contribution in [0.25, 0.3) is 0 Å². The van der Waals surface area contributed by atoms with Crippen LogP contribution in [0.15, 0.2) is 88.7 Å². The SMILES string of the molecule is O=C(Cn1c2c(sc1=O)C(c1ccc(Cl)cc1)C1C(=O)N(c3ccccc3)C(=O)C1S2)Nc1cccc(C(F)(F)F)c1. The molecular weight excluding hydrogens is 611 g/mol. The molecule has 3 aromatic carbocycles. The second-order valence-corrected chi connectivity index (χ2v) is 12.3. The highest BCUT2D eigenvalue weighted by atomic mass is 35.5. The molecule has 3 atom stereocenters. The fourth-order valence-electron chi connectivity index (χ4n) is 5.23. The topological polar surface area (TPSA) is 88.5 Å². The summed E-state index contributed by atoms with van der Waals surface area (Å²) in [5.41, 5.74) is 0.103. The number of nitrogens with zero attached hydrogens (tertiary/aromatic N) is 2. The normalized spacial score (nSPS) is 19.9. The van der Waals surface area contributed by atoms with Gasteiger partial charge in [0.05, 0.1) is 22.2 Å². The lowest BCUT2D eigenvalue weighted by molar-refractivity contribution is -0.137. The van der Waals surface area contributed by atoms with E-state index < -0.39 is 58.0 Å². The van der Waals surface area contributed by atoms with Crippen LogP contribution in [0, 0.1) is 5.92 Å². The average molecular weight is 630 g/mol. The number of carbonyl (C=O) groups excluding carboxylic acids is 3. The van der Waals surface area contributed by atoms with E-state index in [1.807, 2.05) is 0 Å². The first-order chi connectivity index (χ1) is 20.0. The Kier molecular flexibility index (Phi) is 7.24. The predicted octanol–water partition coefficient (Wildman–Crippen LogP) is 6.02. The summed E-state index contributed by atoms with van der Waals surface area (Å²) in [6.45, 7) is -0.497. The fraction of sp³-hybridized carbons (Fsp3) is 0.172. The molecule has 7 nitrogen and oxygen atoms in total. The smallest absolute Gasteiger partial charge is 0.325 e. The third-order valence-corrected chi connectivity index (χ3v) is 9.92. The molecule has 214 valence electrons. The molecule has 4 aromatic rings. The van der Waals surface area contributed by atoms with E-state index in [0.29, 0.717) is 26.2 Å². The van der Waals surface area contributed by atoms with Crippen LogP contribution >= 0.6 is 34.7 Å². The molecule has 1 N–H and O–H groups in total. The Morgan fingerprint density at radius 3 is 2.33 bits per heavy atom. The lowest BCUT2D eigenvalue weighted by Crippen LogP contribution is -2.33. The van der Waals surface area contributed by atoms with Crippen molar-refractivity contribution >= 4 is 63.8 Å². The van der Waals surface area contributed by atoms with Gasteiger partial charge in [-0.1, -0.05) is 71.1 Å². The molecule has 2 aliphatic rings. The van der Waals surface area contributed by atoms with E-state index in [0.717, 1.165) is 40.1 Å². The number of thiazole rings is 1. The molecule has 0 radical (unpaired) electrons. The largest absolute Gasteiger partial charge is 0.416 e. The van der Waals surface area contributed by atoms with Gasteiger partial charge in [-0.3, -0.25) is 23.7 Å². The lowest BCUT2D eigenvalue weighted by Gasteiger charge is -2.30. The second-order valence-electron chi connectivity index (χ2n) is 9.69. The Hall–Kier alpha value is -3.87. The minimum absolute atomic E-state index is 0.0752. The van der Waals surface area contributed by atoms with Gasteiger partial charge >= 0.3 is 11.0 Å². The molecule has 3 amide bonds. The highest BCUT2D eigenvalue weighted by Crippen LogP contribution is 2.54. The van der Waals surface area contributed by atoms with E-state index in [4.69, 9.17) is 11.6 Å². The first kappa shape index (κ1) is 28.3. The Bertz CT molecular complexity index is 1770. The first-order valence-electron chi connectivity index (χ1n) is 12.6. The minimum Gasteiger partial charge on any atom is -0.325 e. The number of benzene rings is 3. The summed E-state index contributed by atoms with van der Waals surface area (Å²) < 4.78 is 40.6. The Morgan fingerprint density at radius 2 is 1.64 bits per heavy atom. The molecule has 0 aliphatic carbocycles. The van der Waals surface area contributed by atoms with Gasteiger partial charge in [0.1, 0.15) is 11.8 Å². The zero-order valence-corrected chi connectivity index (χ0v) is 23.7. The maximum atomic E-state index is 13.8. The van der Waals surface area contributed by atoms with E-state index in [2.05, 4.69) is 5.32 Å². The van der Waals surface area contributed by atoms with Crippen LogP contribution in [0.1, 0.15) is 21.9 Å². The van der Waals surface area contributed by atoms with E-state index >= 15 is 0 Å². The van der Waals surface area contributed by atoms with Crippen molar-refractivity contribution in [3.63, 3.8) is 0 Å². The van der Waals surface area contributed by atoms with Crippen LogP contribution in [-0.2, 0) is 27.1 Å². The molecule has 0 bridgehead atoms. The van der Waals surface area contributed by atoms with Gasteiger partial charge in [0.15, 0.2) is 0 Å². The molecule has 3 unspecified atom stereocenters. The number of hydrogen-bond donors (Lipinski definition) is 1. The van der Waals surface area contributed by atoms with E-state index in [1.54, 1.807) is 54.6 Å². The maximum Gasteiger partial charge on any atom is 0.416 e. The van der Waals surface area contributed by atoms with Crippen LogP contribution in [0.3, 0.4) is 0 Å². The maximum absolute atomic E-state index is 13.8. The molecule has 1 fully saturated rings. The lowest BCUT2D eigenvalue weighted by atomic mass is 9.83. The van der Waals surface area contributed by atoms with Gasteiger partial charge in [-0.25, -0.2) is 4.90 Å². The number of rotatable bonds is 5. The molecule has 6 rings (SSSR count). The quantitative estimate of drug-likeness (QED) is 0.273. The third-order valence-electron chi connectivity index (χ3n) is 7.07. The molecule has 13 heteroatoms. The average Bonchev–Trinajstić information content (AvgIpc) is 3.40. The number of alkyl halides is 3. The number of anilines is 2. The van der Waals surface area contributed by atoms with Crippen molar-refractivity contribution in [1.29, 1.82) is 0 Å². The standard InChI is InChI=1S/C29H19ClF3N3O4S2/c30-17-11-9-15(10-12-17)21-22-23(26(39)36(25(22)38)19-7-2-1-3-8-19)41-27-24(21)42-28(40)35(27)14-20(37)34-18-6-4-5-16(13-18)29(31,32)33/h1-13,21-23H,14H2,(H,34,37). The summed E-state index contributed by atoms with van der Waals surface area (Å²) in [5.74, 6) is -3.04. The predicted molar refractivity (Wildman–Crippen MR) is 154 cm³/mol. The number of fused-ring (bicyclic) bond motifs is 2. The summed E-state index contributed by atoms with van der Waals surface area (Å²) in [7, 11) is 0. The van der Waals surface area contributed by atoms with Crippen LogP contribution in [0.2, 0.25) is 5.02 Å². The van der Waals surface area contributed by atoms with Crippen molar-refractivity contribution in [1.82, 2.24) is 4.57 Å². The van der Waals surface area contributed by atoms with Gasteiger partial charge < -0.3 is 5.32 Å². The van der Waals surface area contributed by atoms with Crippen LogP contribution in [0.4, 0.5) is 24.5 Å². The van der Waals surface area contributed by atoms with Crippen molar-refractivity contribution in [3.8, 4) is 0 Å². The van der Waals surface area contributed by atoms with E-state index in [-0.39, 0.29) is 5.69 Å². The van der Waals surface area contributed by atoms with Crippen molar-refractivity contribution in [2.45, 2.75) is 28.9 Å². The molecule has 2 aliphatic heterocycles. The summed E-state index contributed by atoms with van der Waals surface area (Å²) >= 11 is 8.03. The van der Waals surface area contributed by atoms with Gasteiger partial charge in [0.2, 0.25) is 17.7 Å². The fourth-order valence-corrected chi connectivity index (χ4v) is 8.13. The molecule has 0 spiro atoms. The Labute approximate surface area is 249 Å². The number of thioether (sulfide) groups is 1. The van der Waals surface area contributed by atoms with Gasteiger partial charge in [0.25, 0.3) is 0 Å². The number of carbonyl (C=O) groups is 3. The number of hydrogen-bond acceptors (Lipinski definition) is 6. The number of aromatic nitrogens is 1. The highest BCUT2D eigenvalue weighted by molar-refractivity contribution is 8.00. The van der Waals surface area contributed by atoms with Crippen molar-refractivity contribution < 1.29 is 27.6 Å². The third kappa shape index (κ3) is 5.03. The van der Waals surface area contributed by atoms with Crippen LogP contribution in [-0.4, -0.2) is 27.5 Å². The van der Waals surface area contributed by atoms with Gasteiger partial charge in [-0.2, -0.15) is 13.2 Å². The highest BCUT2D eigenvalue weighted by Gasteiger charge is 2.56. The van der Waals surface area contributed by atoms with E-state index in [1.165, 1.54) is 16.7 Å². The second kappa shape index (κ2) is 10.8. The Balaban J connectivity index is 1.37. The summed E-state index contributed by atoms with van der Waals surface area (Å²) in [6.07, 6.45) is -4.59. The van der Waals surface area contributed by atoms with Gasteiger partial charge in [-0.05, 0) is 48.0 Å². The first-order valence-corrected chi connectivity index (χ1v) is 14.7. The number of imide groups is 1. The van der Waals surface area contributed by atoms with Crippen LogP contribution in [0.5, 0.6) is 0 Å². The summed E-state index contributed by atoms with van der Waals surface area (Å²) in [6, 6.07) is 19.5. The van der Waals surface area contributed by atoms with E-state index in [9.17, 15) is 32.3 Å².